The first-order valence-corrected chi connectivity index (χ1v) is 10.7. The molecular formula is C25H23N3O7. The molecule has 10 heteroatoms. The van der Waals surface area contributed by atoms with Crippen molar-refractivity contribution in [2.45, 2.75) is 26.5 Å². The van der Waals surface area contributed by atoms with Crippen molar-refractivity contribution in [1.82, 2.24) is 4.57 Å². The van der Waals surface area contributed by atoms with E-state index in [1.807, 2.05) is 24.3 Å². The predicted molar refractivity (Wildman–Crippen MR) is 128 cm³/mol. The van der Waals surface area contributed by atoms with Crippen LogP contribution in [0.15, 0.2) is 59.3 Å². The van der Waals surface area contributed by atoms with Crippen LogP contribution in [0.5, 0.6) is 0 Å². The van der Waals surface area contributed by atoms with Gasteiger partial charge in [0.05, 0.1) is 29.6 Å². The summed E-state index contributed by atoms with van der Waals surface area (Å²) in [5.41, 5.74) is 2.79. The Bertz CT molecular complexity index is 1400. The molecule has 0 aliphatic carbocycles. The van der Waals surface area contributed by atoms with Gasteiger partial charge < -0.3 is 14.4 Å². The van der Waals surface area contributed by atoms with Crippen LogP contribution in [0.3, 0.4) is 0 Å². The molecule has 3 aromatic rings. The molecule has 1 atom stereocenters. The van der Waals surface area contributed by atoms with E-state index in [1.54, 1.807) is 30.7 Å². The SMILES string of the molecule is COC(=O)C(C)n1cc(C=C2C(=O)N(c3cc(COO)cc(C(=O)O)c3)N=C2C)c2ccccc21. The van der Waals surface area contributed by atoms with Crippen LogP contribution in [0.2, 0.25) is 0 Å². The van der Waals surface area contributed by atoms with Gasteiger partial charge in [-0.15, -0.1) is 0 Å². The molecule has 0 fully saturated rings. The number of carbonyl (C=O) groups excluding carboxylic acids is 2. The highest BCUT2D eigenvalue weighted by Crippen LogP contribution is 2.31. The maximum Gasteiger partial charge on any atom is 0.335 e. The number of fused-ring (bicyclic) bond motifs is 1. The molecule has 1 aliphatic rings. The number of aromatic carboxylic acids is 1. The van der Waals surface area contributed by atoms with Crippen molar-refractivity contribution < 1.29 is 34.4 Å². The number of aromatic nitrogens is 1. The zero-order chi connectivity index (χ0) is 25.3. The number of carboxylic acid groups (broad SMARTS) is 1. The van der Waals surface area contributed by atoms with E-state index in [1.165, 1.54) is 25.3 Å². The first kappa shape index (κ1) is 23.9. The summed E-state index contributed by atoms with van der Waals surface area (Å²) in [6, 6.07) is 11.1. The zero-order valence-corrected chi connectivity index (χ0v) is 19.3. The third-order valence-corrected chi connectivity index (χ3v) is 5.79. The molecule has 2 N–H and O–H groups in total. The summed E-state index contributed by atoms with van der Waals surface area (Å²) < 4.78 is 6.67. The van der Waals surface area contributed by atoms with Crippen molar-refractivity contribution in [3.8, 4) is 0 Å². The Morgan fingerprint density at radius 1 is 1.20 bits per heavy atom. The molecule has 10 nitrogen and oxygen atoms in total. The van der Waals surface area contributed by atoms with E-state index in [4.69, 9.17) is 9.99 Å². The van der Waals surface area contributed by atoms with Crippen LogP contribution < -0.4 is 5.01 Å². The van der Waals surface area contributed by atoms with Gasteiger partial charge in [-0.3, -0.25) is 10.1 Å². The first-order chi connectivity index (χ1) is 16.7. The van der Waals surface area contributed by atoms with Gasteiger partial charge in [0.25, 0.3) is 5.91 Å². The zero-order valence-electron chi connectivity index (χ0n) is 19.3. The van der Waals surface area contributed by atoms with Gasteiger partial charge in [0.15, 0.2) is 0 Å². The standard InChI is InChI=1S/C25H23N3O7/c1-14-21(11-18-12-27(15(2)25(32)34-3)22-7-5-4-6-20(18)22)23(29)28(26-14)19-9-16(13-35-33)8-17(10-19)24(30)31/h4-12,15,33H,13H2,1-3H3,(H,30,31). The smallest absolute Gasteiger partial charge is 0.335 e. The molecule has 180 valence electrons. The van der Waals surface area contributed by atoms with Crippen LogP contribution in [-0.2, 0) is 25.8 Å². The Kier molecular flexibility index (Phi) is 6.50. The Balaban J connectivity index is 1.76. The Morgan fingerprint density at radius 3 is 2.63 bits per heavy atom. The molecule has 4 rings (SSSR count). The van der Waals surface area contributed by atoms with Crippen LogP contribution in [0.1, 0.15) is 41.4 Å². The number of hydrazone groups is 1. The summed E-state index contributed by atoms with van der Waals surface area (Å²) in [6.45, 7) is 3.16. The molecule has 1 unspecified atom stereocenters. The summed E-state index contributed by atoms with van der Waals surface area (Å²) in [5, 5.41) is 24.5. The molecular weight excluding hydrogens is 454 g/mol. The second-order valence-electron chi connectivity index (χ2n) is 8.04. The second kappa shape index (κ2) is 9.53. The van der Waals surface area contributed by atoms with Crippen molar-refractivity contribution in [1.29, 1.82) is 0 Å². The second-order valence-corrected chi connectivity index (χ2v) is 8.04. The highest BCUT2D eigenvalue weighted by molar-refractivity contribution is 6.32. The monoisotopic (exact) mass is 477 g/mol. The molecule has 0 bridgehead atoms. The quantitative estimate of drug-likeness (QED) is 0.229. The lowest BCUT2D eigenvalue weighted by molar-refractivity contribution is -0.253. The van der Waals surface area contributed by atoms with Gasteiger partial charge in [0.2, 0.25) is 0 Å². The molecule has 0 radical (unpaired) electrons. The molecule has 1 aromatic heterocycles. The van der Waals surface area contributed by atoms with Crippen LogP contribution in [-0.4, -0.2) is 45.6 Å². The third kappa shape index (κ3) is 4.44. The Hall–Kier alpha value is -4.28. The normalized spacial score (nSPS) is 15.5. The van der Waals surface area contributed by atoms with Crippen molar-refractivity contribution >= 4 is 46.2 Å². The van der Waals surface area contributed by atoms with E-state index in [-0.39, 0.29) is 17.9 Å². The molecule has 2 aromatic carbocycles. The van der Waals surface area contributed by atoms with Crippen LogP contribution in [0.25, 0.3) is 17.0 Å². The van der Waals surface area contributed by atoms with E-state index >= 15 is 0 Å². The summed E-state index contributed by atoms with van der Waals surface area (Å²) in [4.78, 5) is 41.2. The average molecular weight is 477 g/mol. The average Bonchev–Trinajstić information content (AvgIpc) is 3.36. The molecule has 35 heavy (non-hydrogen) atoms. The number of rotatable bonds is 7. The lowest BCUT2D eigenvalue weighted by Gasteiger charge is -2.14. The fourth-order valence-corrected chi connectivity index (χ4v) is 4.04. The molecule has 2 heterocycles. The minimum absolute atomic E-state index is 0.0764. The van der Waals surface area contributed by atoms with Gasteiger partial charge >= 0.3 is 11.9 Å². The molecule has 0 spiro atoms. The topological polar surface area (TPSA) is 131 Å². The fourth-order valence-electron chi connectivity index (χ4n) is 4.04. The minimum atomic E-state index is -1.19. The largest absolute Gasteiger partial charge is 0.478 e. The summed E-state index contributed by atoms with van der Waals surface area (Å²) in [7, 11) is 1.33. The molecule has 1 amide bonds. The molecule has 0 saturated heterocycles. The van der Waals surface area contributed by atoms with Gasteiger partial charge in [-0.25, -0.2) is 14.5 Å². The van der Waals surface area contributed by atoms with Crippen molar-refractivity contribution in [3.05, 3.63) is 70.9 Å². The van der Waals surface area contributed by atoms with Gasteiger partial charge in [-0.05, 0) is 49.8 Å². The van der Waals surface area contributed by atoms with E-state index in [2.05, 4.69) is 9.99 Å². The van der Waals surface area contributed by atoms with E-state index in [9.17, 15) is 19.5 Å². The van der Waals surface area contributed by atoms with Crippen molar-refractivity contribution in [2.75, 3.05) is 12.1 Å². The summed E-state index contributed by atoms with van der Waals surface area (Å²) >= 11 is 0. The lowest BCUT2D eigenvalue weighted by atomic mass is 10.1. The number of hydrogen-bond donors (Lipinski definition) is 2. The number of ether oxygens (including phenoxy) is 1. The maximum atomic E-state index is 13.3. The fraction of sp³-hybridized carbons (Fsp3) is 0.200. The number of methoxy groups -OCH3 is 1. The molecule has 0 saturated carbocycles. The third-order valence-electron chi connectivity index (χ3n) is 5.79. The number of benzene rings is 2. The van der Waals surface area contributed by atoms with Crippen LogP contribution in [0.4, 0.5) is 5.69 Å². The number of carboxylic acids is 1. The highest BCUT2D eigenvalue weighted by Gasteiger charge is 2.30. The van der Waals surface area contributed by atoms with Gasteiger partial charge in [-0.2, -0.15) is 10.1 Å². The highest BCUT2D eigenvalue weighted by atomic mass is 17.1. The number of hydrogen-bond acceptors (Lipinski definition) is 7. The Labute approximate surface area is 200 Å². The van der Waals surface area contributed by atoms with Gasteiger partial charge in [0, 0.05) is 22.7 Å². The molecule has 1 aliphatic heterocycles. The number of esters is 1. The number of anilines is 1. The van der Waals surface area contributed by atoms with Crippen molar-refractivity contribution in [2.24, 2.45) is 5.10 Å². The minimum Gasteiger partial charge on any atom is -0.478 e. The van der Waals surface area contributed by atoms with Crippen molar-refractivity contribution in [3.63, 3.8) is 0 Å². The predicted octanol–water partition coefficient (Wildman–Crippen LogP) is 3.87. The van der Waals surface area contributed by atoms with E-state index in [0.717, 1.165) is 15.9 Å². The first-order valence-electron chi connectivity index (χ1n) is 10.7. The number of carbonyl (C=O) groups is 3. The number of para-hydroxylation sites is 1. The lowest BCUT2D eigenvalue weighted by Crippen LogP contribution is -2.22. The van der Waals surface area contributed by atoms with Gasteiger partial charge in [-0.1, -0.05) is 18.2 Å². The van der Waals surface area contributed by atoms with E-state index in [0.29, 0.717) is 22.4 Å². The van der Waals surface area contributed by atoms with Gasteiger partial charge in [0.1, 0.15) is 12.6 Å². The maximum absolute atomic E-state index is 13.3. The Morgan fingerprint density at radius 2 is 1.94 bits per heavy atom. The van der Waals surface area contributed by atoms with Crippen LogP contribution >= 0.6 is 0 Å². The van der Waals surface area contributed by atoms with Crippen LogP contribution in [0, 0.1) is 0 Å². The summed E-state index contributed by atoms with van der Waals surface area (Å²) in [6.07, 6.45) is 3.48. The number of amides is 1. The van der Waals surface area contributed by atoms with E-state index < -0.39 is 23.9 Å². The summed E-state index contributed by atoms with van der Waals surface area (Å²) in [5.74, 6) is -2.03. The number of nitrogens with zero attached hydrogens (tertiary/aromatic N) is 3.